The first-order valence-electron chi connectivity index (χ1n) is 7.01. The van der Waals surface area contributed by atoms with Crippen LogP contribution in [0.1, 0.15) is 26.3 Å². The van der Waals surface area contributed by atoms with E-state index < -0.39 is 0 Å². The molecule has 0 aromatic heterocycles. The Hall–Kier alpha value is -1.48. The van der Waals surface area contributed by atoms with Gasteiger partial charge in [0.1, 0.15) is 13.2 Å². The van der Waals surface area contributed by atoms with Gasteiger partial charge in [-0.05, 0) is 30.2 Å². The second-order valence-corrected chi connectivity index (χ2v) is 5.06. The standard InChI is InChI=1S/C16H23NO2/c1-4-17-11-14(12(2)3)9-13-5-6-15-16(10-13)19-8-7-18-15/h5-6,9-10,12,17H,4,7-8,11H2,1-3H3. The molecule has 0 saturated heterocycles. The van der Waals surface area contributed by atoms with Crippen molar-refractivity contribution in [3.8, 4) is 11.5 Å². The van der Waals surface area contributed by atoms with Crippen LogP contribution in [0.3, 0.4) is 0 Å². The molecular formula is C16H23NO2. The van der Waals surface area contributed by atoms with Gasteiger partial charge in [-0.25, -0.2) is 0 Å². The molecule has 0 spiro atoms. The molecule has 0 unspecified atom stereocenters. The third-order valence-electron chi connectivity index (χ3n) is 3.24. The van der Waals surface area contributed by atoms with Gasteiger partial charge in [-0.2, -0.15) is 0 Å². The first-order chi connectivity index (χ1) is 9.20. The van der Waals surface area contributed by atoms with Gasteiger partial charge in [0.05, 0.1) is 0 Å². The molecule has 1 heterocycles. The van der Waals surface area contributed by atoms with E-state index in [1.54, 1.807) is 0 Å². The second-order valence-electron chi connectivity index (χ2n) is 5.06. The molecule has 1 aliphatic heterocycles. The van der Waals surface area contributed by atoms with Crippen LogP contribution in [-0.4, -0.2) is 26.3 Å². The summed E-state index contributed by atoms with van der Waals surface area (Å²) in [6.45, 7) is 9.77. The summed E-state index contributed by atoms with van der Waals surface area (Å²) in [7, 11) is 0. The molecule has 1 aliphatic rings. The molecular weight excluding hydrogens is 238 g/mol. The molecule has 2 rings (SSSR count). The largest absolute Gasteiger partial charge is 0.486 e. The van der Waals surface area contributed by atoms with Crippen LogP contribution in [0.25, 0.3) is 6.08 Å². The minimum Gasteiger partial charge on any atom is -0.486 e. The third-order valence-corrected chi connectivity index (χ3v) is 3.24. The van der Waals surface area contributed by atoms with E-state index in [1.807, 2.05) is 6.07 Å². The van der Waals surface area contributed by atoms with E-state index in [4.69, 9.17) is 9.47 Å². The molecule has 0 atom stereocenters. The minimum absolute atomic E-state index is 0.534. The number of nitrogens with one attached hydrogen (secondary N) is 1. The number of rotatable bonds is 5. The van der Waals surface area contributed by atoms with Crippen LogP contribution in [-0.2, 0) is 0 Å². The highest BCUT2D eigenvalue weighted by molar-refractivity contribution is 5.59. The van der Waals surface area contributed by atoms with Crippen LogP contribution in [0.15, 0.2) is 23.8 Å². The highest BCUT2D eigenvalue weighted by atomic mass is 16.6. The first kappa shape index (κ1) is 13.9. The lowest BCUT2D eigenvalue weighted by atomic mass is 10.00. The zero-order valence-corrected chi connectivity index (χ0v) is 12.0. The molecule has 0 radical (unpaired) electrons. The first-order valence-corrected chi connectivity index (χ1v) is 7.01. The van der Waals surface area contributed by atoms with Crippen LogP contribution >= 0.6 is 0 Å². The van der Waals surface area contributed by atoms with E-state index in [0.29, 0.717) is 19.1 Å². The lowest BCUT2D eigenvalue weighted by Crippen LogP contribution is -2.18. The quantitative estimate of drug-likeness (QED) is 0.883. The van der Waals surface area contributed by atoms with E-state index in [-0.39, 0.29) is 0 Å². The summed E-state index contributed by atoms with van der Waals surface area (Å²) in [5, 5.41) is 3.39. The van der Waals surface area contributed by atoms with Gasteiger partial charge in [-0.1, -0.05) is 38.5 Å². The number of benzene rings is 1. The Balaban J connectivity index is 2.19. The van der Waals surface area contributed by atoms with E-state index >= 15 is 0 Å². The molecule has 0 fully saturated rings. The summed E-state index contributed by atoms with van der Waals surface area (Å²) < 4.78 is 11.2. The summed E-state index contributed by atoms with van der Waals surface area (Å²) >= 11 is 0. The van der Waals surface area contributed by atoms with Gasteiger partial charge in [0.25, 0.3) is 0 Å². The summed E-state index contributed by atoms with van der Waals surface area (Å²) in [4.78, 5) is 0. The Morgan fingerprint density at radius 1 is 1.26 bits per heavy atom. The molecule has 104 valence electrons. The zero-order chi connectivity index (χ0) is 13.7. The molecule has 1 N–H and O–H groups in total. The number of hydrogen-bond acceptors (Lipinski definition) is 3. The Morgan fingerprint density at radius 3 is 2.68 bits per heavy atom. The van der Waals surface area contributed by atoms with Crippen LogP contribution in [0.5, 0.6) is 11.5 Å². The Bertz CT molecular complexity index is 452. The molecule has 0 aliphatic carbocycles. The van der Waals surface area contributed by atoms with Crippen molar-refractivity contribution in [3.05, 3.63) is 29.3 Å². The second kappa shape index (κ2) is 6.62. The highest BCUT2D eigenvalue weighted by Gasteiger charge is 2.11. The summed E-state index contributed by atoms with van der Waals surface area (Å²) in [6.07, 6.45) is 2.24. The SMILES string of the molecule is CCNCC(=Cc1ccc2c(c1)OCCO2)C(C)C. The number of hydrogen-bond donors (Lipinski definition) is 1. The van der Waals surface area contributed by atoms with Crippen molar-refractivity contribution in [1.82, 2.24) is 5.32 Å². The Kier molecular flexibility index (Phi) is 4.86. The molecule has 3 nitrogen and oxygen atoms in total. The molecule has 19 heavy (non-hydrogen) atoms. The fraction of sp³-hybridized carbons (Fsp3) is 0.500. The molecule has 0 saturated carbocycles. The maximum absolute atomic E-state index is 5.62. The lowest BCUT2D eigenvalue weighted by molar-refractivity contribution is 0.171. The normalized spacial score (nSPS) is 14.8. The van der Waals surface area contributed by atoms with E-state index in [0.717, 1.165) is 24.6 Å². The van der Waals surface area contributed by atoms with Gasteiger partial charge >= 0.3 is 0 Å². The minimum atomic E-state index is 0.534. The van der Waals surface area contributed by atoms with Gasteiger partial charge in [0.2, 0.25) is 0 Å². The Labute approximate surface area is 115 Å². The van der Waals surface area contributed by atoms with Crippen molar-refractivity contribution in [2.75, 3.05) is 26.3 Å². The maximum Gasteiger partial charge on any atom is 0.161 e. The van der Waals surface area contributed by atoms with Crippen LogP contribution < -0.4 is 14.8 Å². The number of fused-ring (bicyclic) bond motifs is 1. The smallest absolute Gasteiger partial charge is 0.161 e. The van der Waals surface area contributed by atoms with Crippen molar-refractivity contribution in [2.45, 2.75) is 20.8 Å². The van der Waals surface area contributed by atoms with Crippen molar-refractivity contribution in [1.29, 1.82) is 0 Å². The van der Waals surface area contributed by atoms with Crippen molar-refractivity contribution in [2.24, 2.45) is 5.92 Å². The van der Waals surface area contributed by atoms with E-state index in [9.17, 15) is 0 Å². The molecule has 1 aromatic carbocycles. The Morgan fingerprint density at radius 2 is 2.00 bits per heavy atom. The van der Waals surface area contributed by atoms with Crippen molar-refractivity contribution >= 4 is 6.08 Å². The average molecular weight is 261 g/mol. The highest BCUT2D eigenvalue weighted by Crippen LogP contribution is 2.31. The summed E-state index contributed by atoms with van der Waals surface area (Å²) in [5.74, 6) is 2.24. The lowest BCUT2D eigenvalue weighted by Gasteiger charge is -2.19. The maximum atomic E-state index is 5.62. The van der Waals surface area contributed by atoms with Gasteiger partial charge in [-0.3, -0.25) is 0 Å². The van der Waals surface area contributed by atoms with Crippen LogP contribution in [0, 0.1) is 5.92 Å². The average Bonchev–Trinajstić information content (AvgIpc) is 2.43. The number of ether oxygens (including phenoxy) is 2. The van der Waals surface area contributed by atoms with Crippen molar-refractivity contribution < 1.29 is 9.47 Å². The summed E-state index contributed by atoms with van der Waals surface area (Å²) in [5.41, 5.74) is 2.57. The number of likely N-dealkylation sites (N-methyl/N-ethyl adjacent to an activating group) is 1. The monoisotopic (exact) mass is 261 g/mol. The van der Waals surface area contributed by atoms with Crippen LogP contribution in [0.4, 0.5) is 0 Å². The molecule has 1 aromatic rings. The topological polar surface area (TPSA) is 30.5 Å². The van der Waals surface area contributed by atoms with Gasteiger partial charge in [-0.15, -0.1) is 0 Å². The zero-order valence-electron chi connectivity index (χ0n) is 12.0. The molecule has 0 bridgehead atoms. The fourth-order valence-corrected chi connectivity index (χ4v) is 2.05. The molecule has 0 amide bonds. The predicted molar refractivity (Wildman–Crippen MR) is 78.8 cm³/mol. The van der Waals surface area contributed by atoms with E-state index in [1.165, 1.54) is 11.1 Å². The predicted octanol–water partition coefficient (Wildman–Crippen LogP) is 3.11. The third kappa shape index (κ3) is 3.74. The van der Waals surface area contributed by atoms with Gasteiger partial charge in [0.15, 0.2) is 11.5 Å². The van der Waals surface area contributed by atoms with Gasteiger partial charge in [0, 0.05) is 6.54 Å². The fourth-order valence-electron chi connectivity index (χ4n) is 2.05. The van der Waals surface area contributed by atoms with Crippen molar-refractivity contribution in [3.63, 3.8) is 0 Å². The summed E-state index contributed by atoms with van der Waals surface area (Å²) in [6, 6.07) is 6.14. The van der Waals surface area contributed by atoms with E-state index in [2.05, 4.69) is 44.3 Å². The molecule has 3 heteroatoms. The van der Waals surface area contributed by atoms with Crippen LogP contribution in [0.2, 0.25) is 0 Å². The van der Waals surface area contributed by atoms with Gasteiger partial charge < -0.3 is 14.8 Å².